The average Bonchev–Trinajstić information content (AvgIpc) is 3.07. The van der Waals surface area contributed by atoms with Crippen molar-refractivity contribution in [2.24, 2.45) is 0 Å². The number of thiophene rings is 1. The summed E-state index contributed by atoms with van der Waals surface area (Å²) in [4.78, 5) is 14.7. The number of anilines is 1. The molecule has 5 heteroatoms. The molecular formula is C19H19NO3S. The molecule has 124 valence electrons. The predicted molar refractivity (Wildman–Crippen MR) is 98.4 cm³/mol. The summed E-state index contributed by atoms with van der Waals surface area (Å²) in [7, 11) is 1.66. The van der Waals surface area contributed by atoms with Crippen LogP contribution < -0.4 is 15.1 Å². The molecule has 0 N–H and O–H groups in total. The highest BCUT2D eigenvalue weighted by molar-refractivity contribution is 7.17. The third-order valence-corrected chi connectivity index (χ3v) is 5.47. The van der Waals surface area contributed by atoms with Crippen LogP contribution in [0.25, 0.3) is 21.4 Å². The van der Waals surface area contributed by atoms with Crippen molar-refractivity contribution in [3.63, 3.8) is 0 Å². The zero-order valence-corrected chi connectivity index (χ0v) is 14.4. The van der Waals surface area contributed by atoms with Gasteiger partial charge in [-0.05, 0) is 25.3 Å². The van der Waals surface area contributed by atoms with Crippen LogP contribution in [-0.2, 0) is 0 Å². The maximum atomic E-state index is 12.5. The van der Waals surface area contributed by atoms with E-state index in [9.17, 15) is 4.79 Å². The molecule has 1 aliphatic rings. The molecule has 0 bridgehead atoms. The first kappa shape index (κ1) is 15.3. The number of hydrogen-bond acceptors (Lipinski definition) is 5. The van der Waals surface area contributed by atoms with Gasteiger partial charge in [0.05, 0.1) is 7.11 Å². The number of ether oxygens (including phenoxy) is 1. The summed E-state index contributed by atoms with van der Waals surface area (Å²) in [6.07, 6.45) is 3.53. The molecule has 2 aromatic heterocycles. The molecule has 0 radical (unpaired) electrons. The third kappa shape index (κ3) is 2.59. The number of rotatable bonds is 3. The highest BCUT2D eigenvalue weighted by Gasteiger charge is 2.19. The van der Waals surface area contributed by atoms with Gasteiger partial charge in [0.15, 0.2) is 11.5 Å². The largest absolute Gasteiger partial charge is 0.496 e. The minimum absolute atomic E-state index is 0.0305. The molecule has 0 amide bonds. The monoisotopic (exact) mass is 341 g/mol. The number of hydrogen-bond donors (Lipinski definition) is 0. The van der Waals surface area contributed by atoms with Gasteiger partial charge in [-0.3, -0.25) is 4.79 Å². The first-order chi connectivity index (χ1) is 11.8. The van der Waals surface area contributed by atoms with Crippen LogP contribution in [0.15, 0.2) is 44.9 Å². The van der Waals surface area contributed by atoms with Crippen LogP contribution in [0, 0.1) is 0 Å². The fourth-order valence-corrected chi connectivity index (χ4v) is 4.16. The molecule has 1 aliphatic heterocycles. The van der Waals surface area contributed by atoms with E-state index in [1.54, 1.807) is 13.2 Å². The number of para-hydroxylation sites is 1. The Morgan fingerprint density at radius 2 is 1.92 bits per heavy atom. The normalized spacial score (nSPS) is 15.0. The second kappa shape index (κ2) is 6.32. The second-order valence-corrected chi connectivity index (χ2v) is 6.88. The number of benzene rings is 1. The van der Waals surface area contributed by atoms with E-state index >= 15 is 0 Å². The summed E-state index contributed by atoms with van der Waals surface area (Å²) in [5.41, 5.74) is 2.56. The van der Waals surface area contributed by atoms with E-state index in [0.717, 1.165) is 42.8 Å². The Bertz CT molecular complexity index is 922. The molecule has 24 heavy (non-hydrogen) atoms. The topological polar surface area (TPSA) is 42.7 Å². The lowest BCUT2D eigenvalue weighted by Gasteiger charge is -2.26. The highest BCUT2D eigenvalue weighted by atomic mass is 32.1. The molecule has 0 spiro atoms. The van der Waals surface area contributed by atoms with Crippen LogP contribution in [0.5, 0.6) is 5.75 Å². The van der Waals surface area contributed by atoms with Gasteiger partial charge in [0.25, 0.3) is 0 Å². The van der Waals surface area contributed by atoms with E-state index in [0.29, 0.717) is 16.2 Å². The molecule has 1 fully saturated rings. The third-order valence-electron chi connectivity index (χ3n) is 4.50. The molecule has 0 unspecified atom stereocenters. The van der Waals surface area contributed by atoms with Gasteiger partial charge >= 0.3 is 0 Å². The van der Waals surface area contributed by atoms with E-state index in [1.807, 2.05) is 29.6 Å². The van der Waals surface area contributed by atoms with Gasteiger partial charge in [0.1, 0.15) is 10.4 Å². The zero-order chi connectivity index (χ0) is 16.5. The minimum Gasteiger partial charge on any atom is -0.496 e. The Morgan fingerprint density at radius 3 is 2.71 bits per heavy atom. The van der Waals surface area contributed by atoms with Gasteiger partial charge in [0.2, 0.25) is 5.43 Å². The van der Waals surface area contributed by atoms with Crippen LogP contribution >= 0.6 is 11.3 Å². The van der Waals surface area contributed by atoms with Crippen molar-refractivity contribution in [1.29, 1.82) is 0 Å². The molecule has 3 aromatic rings. The summed E-state index contributed by atoms with van der Waals surface area (Å²) in [5, 5.41) is 1.98. The Kier molecular flexibility index (Phi) is 4.02. The second-order valence-electron chi connectivity index (χ2n) is 6.00. The van der Waals surface area contributed by atoms with Crippen molar-refractivity contribution >= 4 is 27.5 Å². The van der Waals surface area contributed by atoms with E-state index in [-0.39, 0.29) is 5.43 Å². The fourth-order valence-electron chi connectivity index (χ4n) is 3.25. The summed E-state index contributed by atoms with van der Waals surface area (Å²) < 4.78 is 12.3. The molecule has 0 saturated carbocycles. The maximum Gasteiger partial charge on any atom is 0.204 e. The molecule has 1 saturated heterocycles. The lowest BCUT2D eigenvalue weighted by Crippen LogP contribution is -2.29. The molecule has 4 nitrogen and oxygen atoms in total. The highest BCUT2D eigenvalue weighted by Crippen LogP contribution is 2.38. The van der Waals surface area contributed by atoms with Crippen molar-refractivity contribution in [2.45, 2.75) is 19.3 Å². The van der Waals surface area contributed by atoms with Crippen LogP contribution in [0.4, 0.5) is 5.88 Å². The Hall–Kier alpha value is -2.27. The number of piperidine rings is 1. The standard InChI is InChI=1S/C19H19NO3S/c1-22-16-8-4-3-7-13(16)14-12-24-19-15(21)11-17(23-18(14)19)20-9-5-2-6-10-20/h3-4,7-8,11-12H,2,5-6,9-10H2,1H3. The Morgan fingerprint density at radius 1 is 1.12 bits per heavy atom. The summed E-state index contributed by atoms with van der Waals surface area (Å²) >= 11 is 1.43. The van der Waals surface area contributed by atoms with E-state index in [2.05, 4.69) is 4.90 Å². The average molecular weight is 341 g/mol. The molecule has 0 aliphatic carbocycles. The van der Waals surface area contributed by atoms with Crippen molar-refractivity contribution in [2.75, 3.05) is 25.1 Å². The van der Waals surface area contributed by atoms with Gasteiger partial charge in [-0.2, -0.15) is 0 Å². The van der Waals surface area contributed by atoms with Gasteiger partial charge < -0.3 is 14.1 Å². The van der Waals surface area contributed by atoms with Crippen molar-refractivity contribution in [3.05, 3.63) is 45.9 Å². The fraction of sp³-hybridized carbons (Fsp3) is 0.316. The van der Waals surface area contributed by atoms with Crippen LogP contribution in [-0.4, -0.2) is 20.2 Å². The molecule has 0 atom stereocenters. The maximum absolute atomic E-state index is 12.5. The molecule has 1 aromatic carbocycles. The van der Waals surface area contributed by atoms with Crippen LogP contribution in [0.3, 0.4) is 0 Å². The van der Waals surface area contributed by atoms with E-state index in [1.165, 1.54) is 17.8 Å². The lowest BCUT2D eigenvalue weighted by atomic mass is 10.1. The van der Waals surface area contributed by atoms with Crippen molar-refractivity contribution in [1.82, 2.24) is 0 Å². The number of fused-ring (bicyclic) bond motifs is 1. The van der Waals surface area contributed by atoms with E-state index < -0.39 is 0 Å². The molecule has 3 heterocycles. The number of methoxy groups -OCH3 is 1. The quantitative estimate of drug-likeness (QED) is 0.702. The van der Waals surface area contributed by atoms with E-state index in [4.69, 9.17) is 9.15 Å². The van der Waals surface area contributed by atoms with Gasteiger partial charge in [0, 0.05) is 35.7 Å². The van der Waals surface area contributed by atoms with Crippen LogP contribution in [0.1, 0.15) is 19.3 Å². The molecule has 4 rings (SSSR count). The van der Waals surface area contributed by atoms with Crippen molar-refractivity contribution in [3.8, 4) is 16.9 Å². The zero-order valence-electron chi connectivity index (χ0n) is 13.6. The number of nitrogens with zero attached hydrogens (tertiary/aromatic N) is 1. The summed E-state index contributed by atoms with van der Waals surface area (Å²) in [5.74, 6) is 1.46. The minimum atomic E-state index is 0.0305. The van der Waals surface area contributed by atoms with Gasteiger partial charge in [-0.1, -0.05) is 18.2 Å². The molecular weight excluding hydrogens is 322 g/mol. The first-order valence-corrected chi connectivity index (χ1v) is 9.09. The summed E-state index contributed by atoms with van der Waals surface area (Å²) in [6, 6.07) is 9.45. The predicted octanol–water partition coefficient (Wildman–Crippen LogP) is 4.52. The van der Waals surface area contributed by atoms with Gasteiger partial charge in [-0.25, -0.2) is 0 Å². The first-order valence-electron chi connectivity index (χ1n) is 8.21. The van der Waals surface area contributed by atoms with Crippen LogP contribution in [0.2, 0.25) is 0 Å². The Balaban J connectivity index is 1.88. The lowest BCUT2D eigenvalue weighted by molar-refractivity contribution is 0.416. The Labute approximate surface area is 144 Å². The smallest absolute Gasteiger partial charge is 0.204 e. The SMILES string of the molecule is COc1ccccc1-c1csc2c(=O)cc(N3CCCCC3)oc12. The van der Waals surface area contributed by atoms with Crippen molar-refractivity contribution < 1.29 is 9.15 Å². The summed E-state index contributed by atoms with van der Waals surface area (Å²) in [6.45, 7) is 1.89. The van der Waals surface area contributed by atoms with Gasteiger partial charge in [-0.15, -0.1) is 11.3 Å².